The summed E-state index contributed by atoms with van der Waals surface area (Å²) in [6.07, 6.45) is 3.92. The maximum Gasteiger partial charge on any atom is 0.308 e. The van der Waals surface area contributed by atoms with E-state index in [4.69, 9.17) is 5.11 Å². The van der Waals surface area contributed by atoms with Crippen molar-refractivity contribution < 1.29 is 14.7 Å². The molecule has 1 N–H and O–H groups in total. The number of nitrogens with zero attached hydrogens (tertiary/aromatic N) is 2. The fourth-order valence-corrected chi connectivity index (χ4v) is 4.07. The van der Waals surface area contributed by atoms with Crippen molar-refractivity contribution in [1.29, 1.82) is 0 Å². The molecule has 5 nitrogen and oxygen atoms in total. The van der Waals surface area contributed by atoms with Crippen LogP contribution in [-0.4, -0.2) is 59.0 Å². The average molecular weight is 344 g/mol. The molecular weight excluding hydrogens is 316 g/mol. The third kappa shape index (κ3) is 4.40. The highest BCUT2D eigenvalue weighted by atomic mass is 16.4. The van der Waals surface area contributed by atoms with E-state index in [-0.39, 0.29) is 11.9 Å². The lowest BCUT2D eigenvalue weighted by atomic mass is 9.89. The molecule has 0 spiro atoms. The molecule has 2 aliphatic heterocycles. The van der Waals surface area contributed by atoms with Gasteiger partial charge in [-0.05, 0) is 57.2 Å². The highest BCUT2D eigenvalue weighted by Crippen LogP contribution is 2.24. The lowest BCUT2D eigenvalue weighted by molar-refractivity contribution is -0.141. The zero-order valence-corrected chi connectivity index (χ0v) is 14.9. The molecule has 5 heteroatoms. The topological polar surface area (TPSA) is 60.9 Å². The lowest BCUT2D eigenvalue weighted by Crippen LogP contribution is -2.49. The molecule has 1 aromatic rings. The highest BCUT2D eigenvalue weighted by Gasteiger charge is 2.35. The van der Waals surface area contributed by atoms with Crippen molar-refractivity contribution in [3.63, 3.8) is 0 Å². The Labute approximate surface area is 149 Å². The van der Waals surface area contributed by atoms with Gasteiger partial charge in [0.15, 0.2) is 0 Å². The Morgan fingerprint density at radius 2 is 1.80 bits per heavy atom. The van der Waals surface area contributed by atoms with Crippen molar-refractivity contribution in [2.24, 2.45) is 11.8 Å². The summed E-state index contributed by atoms with van der Waals surface area (Å²) in [5, 5.41) is 9.10. The van der Waals surface area contributed by atoms with E-state index in [9.17, 15) is 9.59 Å². The summed E-state index contributed by atoms with van der Waals surface area (Å²) in [4.78, 5) is 27.8. The van der Waals surface area contributed by atoms with Crippen LogP contribution in [0, 0.1) is 11.8 Å². The Morgan fingerprint density at radius 1 is 1.12 bits per heavy atom. The molecule has 25 heavy (non-hydrogen) atoms. The molecule has 2 heterocycles. The third-order valence-electron chi connectivity index (χ3n) is 5.77. The third-order valence-corrected chi connectivity index (χ3v) is 5.77. The summed E-state index contributed by atoms with van der Waals surface area (Å²) in [7, 11) is 0. The predicted molar refractivity (Wildman–Crippen MR) is 96.2 cm³/mol. The number of aliphatic carboxylic acids is 1. The Balaban J connectivity index is 1.47. The van der Waals surface area contributed by atoms with Gasteiger partial charge in [-0.25, -0.2) is 0 Å². The number of amides is 1. The lowest BCUT2D eigenvalue weighted by Gasteiger charge is -2.36. The van der Waals surface area contributed by atoms with Crippen LogP contribution in [0.15, 0.2) is 30.3 Å². The van der Waals surface area contributed by atoms with Crippen LogP contribution in [0.3, 0.4) is 0 Å². The number of likely N-dealkylation sites (tertiary alicyclic amines) is 2. The van der Waals surface area contributed by atoms with E-state index in [0.29, 0.717) is 25.4 Å². The van der Waals surface area contributed by atoms with Gasteiger partial charge in [0, 0.05) is 13.1 Å². The van der Waals surface area contributed by atoms with Crippen LogP contribution in [0.25, 0.3) is 0 Å². The smallest absolute Gasteiger partial charge is 0.308 e. The Hall–Kier alpha value is -1.88. The first-order valence-corrected chi connectivity index (χ1v) is 9.34. The molecule has 2 aliphatic rings. The molecule has 2 atom stereocenters. The van der Waals surface area contributed by atoms with Gasteiger partial charge in [-0.15, -0.1) is 0 Å². The molecule has 0 saturated carbocycles. The van der Waals surface area contributed by atoms with Crippen molar-refractivity contribution >= 4 is 11.9 Å². The second-order valence-corrected chi connectivity index (χ2v) is 7.45. The van der Waals surface area contributed by atoms with Gasteiger partial charge in [0.25, 0.3) is 0 Å². The zero-order chi connectivity index (χ0) is 17.8. The fraction of sp³-hybridized carbons (Fsp3) is 0.600. The monoisotopic (exact) mass is 344 g/mol. The van der Waals surface area contributed by atoms with Gasteiger partial charge in [0.1, 0.15) is 0 Å². The minimum Gasteiger partial charge on any atom is -0.481 e. The van der Waals surface area contributed by atoms with Gasteiger partial charge in [0.2, 0.25) is 5.91 Å². The summed E-state index contributed by atoms with van der Waals surface area (Å²) in [6.45, 7) is 4.79. The second-order valence-electron chi connectivity index (χ2n) is 7.45. The molecule has 0 aromatic heterocycles. The Bertz CT molecular complexity index is 596. The van der Waals surface area contributed by atoms with Gasteiger partial charge in [-0.1, -0.05) is 30.3 Å². The molecule has 2 saturated heterocycles. The maximum atomic E-state index is 12.7. The van der Waals surface area contributed by atoms with Gasteiger partial charge >= 0.3 is 5.97 Å². The molecule has 0 bridgehead atoms. The van der Waals surface area contributed by atoms with Crippen molar-refractivity contribution in [2.75, 3.05) is 26.2 Å². The van der Waals surface area contributed by atoms with E-state index in [0.717, 1.165) is 32.4 Å². The van der Waals surface area contributed by atoms with Crippen LogP contribution in [0.1, 0.15) is 31.7 Å². The number of carbonyl (C=O) groups excluding carboxylic acids is 1. The van der Waals surface area contributed by atoms with Crippen LogP contribution >= 0.6 is 0 Å². The predicted octanol–water partition coefficient (Wildman–Crippen LogP) is 2.26. The summed E-state index contributed by atoms with van der Waals surface area (Å²) in [5.41, 5.74) is 1.39. The number of piperidine rings is 1. The Morgan fingerprint density at radius 3 is 2.40 bits per heavy atom. The number of benzene rings is 1. The molecule has 0 aliphatic carbocycles. The van der Waals surface area contributed by atoms with Crippen LogP contribution in [0.2, 0.25) is 0 Å². The number of hydrogen-bond acceptors (Lipinski definition) is 3. The largest absolute Gasteiger partial charge is 0.481 e. The number of rotatable bonds is 5. The zero-order valence-electron chi connectivity index (χ0n) is 14.9. The van der Waals surface area contributed by atoms with Crippen molar-refractivity contribution in [3.05, 3.63) is 35.9 Å². The SMILES string of the molecule is CC(C(=O)N1CCC(C(=O)O)C1)N1CCC(Cc2ccccc2)CC1. The quantitative estimate of drug-likeness (QED) is 0.890. The van der Waals surface area contributed by atoms with Gasteiger partial charge in [-0.3, -0.25) is 14.5 Å². The first kappa shape index (κ1) is 17.9. The first-order valence-electron chi connectivity index (χ1n) is 9.34. The van der Waals surface area contributed by atoms with Crippen LogP contribution in [0.4, 0.5) is 0 Å². The standard InChI is InChI=1S/C20H28N2O3/c1-15(19(23)22-12-9-18(14-22)20(24)25)21-10-7-17(8-11-21)13-16-5-3-2-4-6-16/h2-6,15,17-18H,7-14H2,1H3,(H,24,25). The molecule has 2 fully saturated rings. The number of carboxylic acid groups (broad SMARTS) is 1. The first-order chi connectivity index (χ1) is 12.0. The van der Waals surface area contributed by atoms with E-state index in [2.05, 4.69) is 29.2 Å². The molecule has 2 unspecified atom stereocenters. The van der Waals surface area contributed by atoms with Crippen LogP contribution in [0.5, 0.6) is 0 Å². The van der Waals surface area contributed by atoms with E-state index in [1.165, 1.54) is 5.56 Å². The number of carboxylic acids is 1. The average Bonchev–Trinajstić information content (AvgIpc) is 3.12. The van der Waals surface area contributed by atoms with E-state index < -0.39 is 11.9 Å². The normalized spacial score (nSPS) is 23.6. The summed E-state index contributed by atoms with van der Waals surface area (Å²) in [5.74, 6) is -0.410. The molecule has 1 amide bonds. The van der Waals surface area contributed by atoms with Crippen molar-refractivity contribution in [2.45, 2.75) is 38.6 Å². The van der Waals surface area contributed by atoms with Crippen molar-refractivity contribution in [3.8, 4) is 0 Å². The summed E-state index contributed by atoms with van der Waals surface area (Å²) >= 11 is 0. The highest BCUT2D eigenvalue weighted by molar-refractivity contribution is 5.83. The molecule has 0 radical (unpaired) electrons. The molecule has 3 rings (SSSR count). The summed E-state index contributed by atoms with van der Waals surface area (Å²) < 4.78 is 0. The summed E-state index contributed by atoms with van der Waals surface area (Å²) in [6, 6.07) is 10.4. The van der Waals surface area contributed by atoms with Gasteiger partial charge in [-0.2, -0.15) is 0 Å². The van der Waals surface area contributed by atoms with Crippen molar-refractivity contribution in [1.82, 2.24) is 9.80 Å². The molecular formula is C20H28N2O3. The van der Waals surface area contributed by atoms with E-state index >= 15 is 0 Å². The van der Waals surface area contributed by atoms with Gasteiger partial charge < -0.3 is 10.0 Å². The van der Waals surface area contributed by atoms with E-state index in [1.807, 2.05) is 13.0 Å². The van der Waals surface area contributed by atoms with Crippen LogP contribution in [-0.2, 0) is 16.0 Å². The van der Waals surface area contributed by atoms with E-state index in [1.54, 1.807) is 4.90 Å². The number of hydrogen-bond donors (Lipinski definition) is 1. The molecule has 1 aromatic carbocycles. The fourth-order valence-electron chi connectivity index (χ4n) is 4.07. The minimum absolute atomic E-state index is 0.0882. The van der Waals surface area contributed by atoms with Crippen LogP contribution < -0.4 is 0 Å². The minimum atomic E-state index is -0.787. The van der Waals surface area contributed by atoms with Gasteiger partial charge in [0.05, 0.1) is 12.0 Å². The number of carbonyl (C=O) groups is 2. The molecule has 136 valence electrons. The maximum absolute atomic E-state index is 12.7. The second kappa shape index (κ2) is 8.00. The Kier molecular flexibility index (Phi) is 5.74.